The molecule has 4 heteroatoms. The zero-order chi connectivity index (χ0) is 20.4. The van der Waals surface area contributed by atoms with Gasteiger partial charge in [0, 0.05) is 36.2 Å². The molecule has 27 heavy (non-hydrogen) atoms. The quantitative estimate of drug-likeness (QED) is 0.580. The Bertz CT molecular complexity index is 626. The smallest absolute Gasteiger partial charge is 0.0896 e. The molecule has 0 bridgehead atoms. The molecule has 0 amide bonds. The van der Waals surface area contributed by atoms with Crippen LogP contribution in [0.3, 0.4) is 0 Å². The van der Waals surface area contributed by atoms with Crippen LogP contribution in [0.5, 0.6) is 0 Å². The number of hydrogen-bond donors (Lipinski definition) is 0. The molecule has 2 aromatic heterocycles. The Kier molecular flexibility index (Phi) is 10.8. The van der Waals surface area contributed by atoms with Gasteiger partial charge in [-0.1, -0.05) is 47.6 Å². The fraction of sp³-hybridized carbons (Fsp3) is 0.652. The fourth-order valence-corrected chi connectivity index (χ4v) is 3.33. The van der Waals surface area contributed by atoms with Crippen molar-refractivity contribution >= 4 is 11.3 Å². The summed E-state index contributed by atoms with van der Waals surface area (Å²) in [7, 11) is 0. The second kappa shape index (κ2) is 12.2. The maximum atomic E-state index is 5.22. The van der Waals surface area contributed by atoms with E-state index in [0.29, 0.717) is 11.8 Å². The molecular weight excluding hydrogens is 352 g/mol. The van der Waals surface area contributed by atoms with E-state index in [9.17, 15) is 0 Å². The van der Waals surface area contributed by atoms with Crippen LogP contribution in [0.15, 0.2) is 24.5 Å². The molecule has 0 saturated carbocycles. The van der Waals surface area contributed by atoms with Crippen LogP contribution in [0.4, 0.5) is 0 Å². The van der Waals surface area contributed by atoms with Crippen molar-refractivity contribution < 1.29 is 4.74 Å². The lowest BCUT2D eigenvalue weighted by Gasteiger charge is -2.09. The predicted molar refractivity (Wildman–Crippen MR) is 118 cm³/mol. The highest BCUT2D eigenvalue weighted by Gasteiger charge is 2.18. The maximum Gasteiger partial charge on any atom is 0.0896 e. The molecule has 1 saturated heterocycles. The second-order valence-electron chi connectivity index (χ2n) is 8.19. The summed E-state index contributed by atoms with van der Waals surface area (Å²) in [5, 5.41) is 1.17. The van der Waals surface area contributed by atoms with E-state index in [1.54, 1.807) is 11.3 Å². The molecule has 0 aromatic carbocycles. The Hall–Kier alpha value is -1.26. The van der Waals surface area contributed by atoms with Crippen LogP contribution < -0.4 is 0 Å². The molecule has 1 atom stereocenters. The fourth-order valence-electron chi connectivity index (χ4n) is 2.54. The van der Waals surface area contributed by atoms with Gasteiger partial charge in [0.15, 0.2) is 0 Å². The number of pyridine rings is 1. The summed E-state index contributed by atoms with van der Waals surface area (Å²) in [5.41, 5.74) is 2.40. The summed E-state index contributed by atoms with van der Waals surface area (Å²) >= 11 is 1.78. The number of aromatic nitrogens is 2. The van der Waals surface area contributed by atoms with E-state index >= 15 is 0 Å². The van der Waals surface area contributed by atoms with E-state index in [4.69, 9.17) is 4.74 Å². The summed E-state index contributed by atoms with van der Waals surface area (Å²) in [5.74, 6) is 2.89. The van der Waals surface area contributed by atoms with E-state index in [2.05, 4.69) is 63.6 Å². The summed E-state index contributed by atoms with van der Waals surface area (Å²) in [4.78, 5) is 9.74. The monoisotopic (exact) mass is 390 g/mol. The van der Waals surface area contributed by atoms with Gasteiger partial charge in [0.05, 0.1) is 5.01 Å². The lowest BCUT2D eigenvalue weighted by atomic mass is 9.96. The van der Waals surface area contributed by atoms with E-state index < -0.39 is 0 Å². The van der Waals surface area contributed by atoms with Gasteiger partial charge in [0.25, 0.3) is 0 Å². The lowest BCUT2D eigenvalue weighted by molar-refractivity contribution is 0.177. The van der Waals surface area contributed by atoms with Gasteiger partial charge in [-0.3, -0.25) is 4.98 Å². The van der Waals surface area contributed by atoms with Crippen molar-refractivity contribution in [1.82, 2.24) is 9.97 Å². The van der Waals surface area contributed by atoms with Gasteiger partial charge in [-0.05, 0) is 55.6 Å². The highest BCUT2D eigenvalue weighted by Crippen LogP contribution is 2.21. The molecule has 0 radical (unpaired) electrons. The molecule has 2 aromatic rings. The topological polar surface area (TPSA) is 35.0 Å². The Labute approximate surface area is 170 Å². The minimum Gasteiger partial charge on any atom is -0.381 e. The van der Waals surface area contributed by atoms with Crippen molar-refractivity contribution in [1.29, 1.82) is 0 Å². The van der Waals surface area contributed by atoms with E-state index in [0.717, 1.165) is 30.7 Å². The predicted octanol–water partition coefficient (Wildman–Crippen LogP) is 6.77. The molecule has 152 valence electrons. The van der Waals surface area contributed by atoms with Gasteiger partial charge >= 0.3 is 0 Å². The van der Waals surface area contributed by atoms with Gasteiger partial charge in [0.1, 0.15) is 0 Å². The van der Waals surface area contributed by atoms with Crippen LogP contribution in [0, 0.1) is 25.7 Å². The number of aryl methyl sites for hydroxylation is 2. The minimum atomic E-state index is 0.591. The Morgan fingerprint density at radius 1 is 0.963 bits per heavy atom. The van der Waals surface area contributed by atoms with Gasteiger partial charge in [0.2, 0.25) is 0 Å². The third-order valence-electron chi connectivity index (χ3n) is 4.72. The summed E-state index contributed by atoms with van der Waals surface area (Å²) in [6.45, 7) is 19.3. The third-order valence-corrected chi connectivity index (χ3v) is 5.93. The average molecular weight is 391 g/mol. The van der Waals surface area contributed by atoms with Crippen LogP contribution in [-0.2, 0) is 4.74 Å². The first kappa shape index (κ1) is 23.8. The lowest BCUT2D eigenvalue weighted by Crippen LogP contribution is -2.06. The molecule has 0 spiro atoms. The normalized spacial score (nSPS) is 16.2. The van der Waals surface area contributed by atoms with Gasteiger partial charge in [-0.15, -0.1) is 11.3 Å². The van der Waals surface area contributed by atoms with Crippen LogP contribution >= 0.6 is 11.3 Å². The SMILES string of the molecule is CC(C)C1CCOC1.Cc1ccc(C(C)C)cn1.Cc1ncc(C(C)C)s1. The first-order chi connectivity index (χ1) is 12.7. The van der Waals surface area contributed by atoms with Crippen molar-refractivity contribution in [2.24, 2.45) is 11.8 Å². The standard InChI is InChI=1S/C9H13N.C7H11NS.C7H14O/c1-7(2)9-5-4-8(3)10-6-9;1-5(2)7-4-8-6(3)9-7;1-6(2)7-3-4-8-5-7/h4-7H,1-3H3;4-5H,1-3H3;6-7H,3-5H2,1-2H3. The Morgan fingerprint density at radius 2 is 1.67 bits per heavy atom. The number of rotatable bonds is 3. The third kappa shape index (κ3) is 9.48. The summed E-state index contributed by atoms with van der Waals surface area (Å²) < 4.78 is 5.22. The first-order valence-electron chi connectivity index (χ1n) is 10.1. The zero-order valence-electron chi connectivity index (χ0n) is 18.5. The number of hydrogen-bond acceptors (Lipinski definition) is 4. The van der Waals surface area contributed by atoms with Crippen LogP contribution in [-0.4, -0.2) is 23.2 Å². The van der Waals surface area contributed by atoms with E-state index in [1.165, 1.54) is 21.9 Å². The molecule has 0 N–H and O–H groups in total. The summed E-state index contributed by atoms with van der Waals surface area (Å²) in [6.07, 6.45) is 5.18. The summed E-state index contributed by atoms with van der Waals surface area (Å²) in [6, 6.07) is 4.18. The van der Waals surface area contributed by atoms with Gasteiger partial charge < -0.3 is 4.74 Å². The number of nitrogens with zero attached hydrogens (tertiary/aromatic N) is 2. The first-order valence-corrected chi connectivity index (χ1v) is 10.9. The molecule has 3 rings (SSSR count). The minimum absolute atomic E-state index is 0.591. The van der Waals surface area contributed by atoms with E-state index in [1.807, 2.05) is 26.2 Å². The molecular formula is C23H38N2OS. The van der Waals surface area contributed by atoms with Crippen molar-refractivity contribution in [2.75, 3.05) is 13.2 Å². The molecule has 3 heterocycles. The Balaban J connectivity index is 0.000000204. The maximum absolute atomic E-state index is 5.22. The van der Waals surface area contributed by atoms with Gasteiger partial charge in [-0.25, -0.2) is 4.98 Å². The molecule has 1 unspecified atom stereocenters. The largest absolute Gasteiger partial charge is 0.381 e. The van der Waals surface area contributed by atoms with Crippen molar-refractivity contribution in [3.05, 3.63) is 45.7 Å². The second-order valence-corrected chi connectivity index (χ2v) is 9.46. The highest BCUT2D eigenvalue weighted by atomic mass is 32.1. The molecule has 1 aliphatic heterocycles. The van der Waals surface area contributed by atoms with Gasteiger partial charge in [-0.2, -0.15) is 0 Å². The average Bonchev–Trinajstić information content (AvgIpc) is 3.28. The zero-order valence-corrected chi connectivity index (χ0v) is 19.3. The van der Waals surface area contributed by atoms with Crippen LogP contribution in [0.1, 0.15) is 80.9 Å². The van der Waals surface area contributed by atoms with Crippen LogP contribution in [0.2, 0.25) is 0 Å². The number of thiazole rings is 1. The highest BCUT2D eigenvalue weighted by molar-refractivity contribution is 7.11. The Morgan fingerprint density at radius 3 is 1.96 bits per heavy atom. The molecule has 3 nitrogen and oxygen atoms in total. The number of ether oxygens (including phenoxy) is 1. The molecule has 1 fully saturated rings. The molecule has 0 aliphatic carbocycles. The van der Waals surface area contributed by atoms with Crippen molar-refractivity contribution in [3.8, 4) is 0 Å². The van der Waals surface area contributed by atoms with Crippen LogP contribution in [0.25, 0.3) is 0 Å². The van der Waals surface area contributed by atoms with Crippen molar-refractivity contribution in [2.45, 2.75) is 73.6 Å². The van der Waals surface area contributed by atoms with E-state index in [-0.39, 0.29) is 0 Å². The molecule has 1 aliphatic rings. The van der Waals surface area contributed by atoms with Crippen molar-refractivity contribution in [3.63, 3.8) is 0 Å².